The zero-order valence-corrected chi connectivity index (χ0v) is 17.4. The lowest BCUT2D eigenvalue weighted by atomic mass is 10.0. The molecule has 1 aliphatic rings. The SMILES string of the molecule is CNC(=O)NC(=O)C(c1ccccc1)N1CCN(C(=O)Cc2ccccc2C)CC1. The number of urea groups is 1. The van der Waals surface area contributed by atoms with Crippen LogP contribution in [0.5, 0.6) is 0 Å². The minimum absolute atomic E-state index is 0.0926. The van der Waals surface area contributed by atoms with Gasteiger partial charge in [-0.15, -0.1) is 0 Å². The number of amides is 4. The third kappa shape index (κ3) is 5.24. The van der Waals surface area contributed by atoms with Crippen LogP contribution in [0.2, 0.25) is 0 Å². The number of hydrogen-bond donors (Lipinski definition) is 2. The number of carbonyl (C=O) groups is 3. The lowest BCUT2D eigenvalue weighted by Gasteiger charge is -2.38. The number of nitrogens with one attached hydrogen (secondary N) is 2. The maximum absolute atomic E-state index is 12.8. The lowest BCUT2D eigenvalue weighted by molar-refractivity contribution is -0.133. The Morgan fingerprint density at radius 3 is 2.20 bits per heavy atom. The normalized spacial score (nSPS) is 15.3. The van der Waals surface area contributed by atoms with E-state index in [1.165, 1.54) is 7.05 Å². The number of piperazine rings is 1. The van der Waals surface area contributed by atoms with E-state index >= 15 is 0 Å². The van der Waals surface area contributed by atoms with Gasteiger partial charge in [-0.05, 0) is 23.6 Å². The lowest BCUT2D eigenvalue weighted by Crippen LogP contribution is -2.53. The van der Waals surface area contributed by atoms with Crippen LogP contribution in [0.4, 0.5) is 4.79 Å². The predicted octanol–water partition coefficient (Wildman–Crippen LogP) is 1.88. The van der Waals surface area contributed by atoms with Crippen LogP contribution in [0.25, 0.3) is 0 Å². The number of carbonyl (C=O) groups excluding carboxylic acids is 3. The maximum atomic E-state index is 12.8. The van der Waals surface area contributed by atoms with Crippen molar-refractivity contribution < 1.29 is 14.4 Å². The molecule has 0 saturated carbocycles. The Balaban J connectivity index is 1.66. The van der Waals surface area contributed by atoms with Crippen LogP contribution in [-0.2, 0) is 16.0 Å². The summed E-state index contributed by atoms with van der Waals surface area (Å²) in [5.41, 5.74) is 2.97. The highest BCUT2D eigenvalue weighted by atomic mass is 16.2. The molecule has 0 bridgehead atoms. The van der Waals surface area contributed by atoms with Crippen LogP contribution in [-0.4, -0.2) is 60.9 Å². The fraction of sp³-hybridized carbons (Fsp3) is 0.348. The van der Waals surface area contributed by atoms with E-state index in [-0.39, 0.29) is 11.8 Å². The second-order valence-electron chi connectivity index (χ2n) is 7.40. The molecule has 7 heteroatoms. The first-order valence-corrected chi connectivity index (χ1v) is 10.1. The number of imide groups is 1. The molecular weight excluding hydrogens is 380 g/mol. The summed E-state index contributed by atoms with van der Waals surface area (Å²) in [6, 6.07) is 16.2. The molecule has 2 aromatic carbocycles. The quantitative estimate of drug-likeness (QED) is 0.792. The number of benzene rings is 2. The molecule has 158 valence electrons. The van der Waals surface area contributed by atoms with Gasteiger partial charge in [-0.3, -0.25) is 19.8 Å². The second kappa shape index (κ2) is 10.0. The number of rotatable bonds is 5. The van der Waals surface area contributed by atoms with Crippen LogP contribution in [0.1, 0.15) is 22.7 Å². The van der Waals surface area contributed by atoms with Crippen LogP contribution < -0.4 is 10.6 Å². The molecule has 1 heterocycles. The molecule has 1 atom stereocenters. The van der Waals surface area contributed by atoms with Crippen LogP contribution in [0.3, 0.4) is 0 Å². The summed E-state index contributed by atoms with van der Waals surface area (Å²) in [6.07, 6.45) is 0.381. The average Bonchev–Trinajstić information content (AvgIpc) is 2.76. The van der Waals surface area contributed by atoms with Crippen molar-refractivity contribution in [2.45, 2.75) is 19.4 Å². The van der Waals surface area contributed by atoms with Crippen molar-refractivity contribution in [2.75, 3.05) is 33.2 Å². The number of nitrogens with zero attached hydrogens (tertiary/aromatic N) is 2. The van der Waals surface area contributed by atoms with Gasteiger partial charge in [0.25, 0.3) is 0 Å². The summed E-state index contributed by atoms with van der Waals surface area (Å²) < 4.78 is 0. The molecule has 0 radical (unpaired) electrons. The van der Waals surface area contributed by atoms with E-state index in [1.54, 1.807) is 0 Å². The van der Waals surface area contributed by atoms with Gasteiger partial charge in [-0.25, -0.2) is 4.79 Å². The molecular formula is C23H28N4O3. The van der Waals surface area contributed by atoms with E-state index in [1.807, 2.05) is 71.3 Å². The van der Waals surface area contributed by atoms with E-state index in [9.17, 15) is 14.4 Å². The van der Waals surface area contributed by atoms with Crippen LogP contribution in [0.15, 0.2) is 54.6 Å². The summed E-state index contributed by atoms with van der Waals surface area (Å²) >= 11 is 0. The Hall–Kier alpha value is -3.19. The number of hydrogen-bond acceptors (Lipinski definition) is 4. The maximum Gasteiger partial charge on any atom is 0.321 e. The highest BCUT2D eigenvalue weighted by Gasteiger charge is 2.32. The predicted molar refractivity (Wildman–Crippen MR) is 115 cm³/mol. The van der Waals surface area contributed by atoms with Crippen LogP contribution >= 0.6 is 0 Å². The van der Waals surface area contributed by atoms with Crippen molar-refractivity contribution in [2.24, 2.45) is 0 Å². The topological polar surface area (TPSA) is 81.8 Å². The van der Waals surface area contributed by atoms with Crippen molar-refractivity contribution >= 4 is 17.8 Å². The second-order valence-corrected chi connectivity index (χ2v) is 7.40. The minimum Gasteiger partial charge on any atom is -0.341 e. The standard InChI is InChI=1S/C23H28N4O3/c1-17-8-6-7-11-19(17)16-20(28)26-12-14-27(15-13-26)21(18-9-4-3-5-10-18)22(29)25-23(30)24-2/h3-11,21H,12-16H2,1-2H3,(H2,24,25,29,30). The fourth-order valence-electron chi connectivity index (χ4n) is 3.72. The van der Waals surface area contributed by atoms with E-state index in [0.717, 1.165) is 16.7 Å². The molecule has 3 rings (SSSR count). The monoisotopic (exact) mass is 408 g/mol. The summed E-state index contributed by atoms with van der Waals surface area (Å²) in [4.78, 5) is 41.1. The fourth-order valence-corrected chi connectivity index (χ4v) is 3.72. The van der Waals surface area contributed by atoms with Crippen molar-refractivity contribution in [1.82, 2.24) is 20.4 Å². The first-order valence-electron chi connectivity index (χ1n) is 10.1. The summed E-state index contributed by atoms with van der Waals surface area (Å²) in [5, 5.41) is 4.80. The van der Waals surface area contributed by atoms with Crippen molar-refractivity contribution in [3.05, 3.63) is 71.3 Å². The summed E-state index contributed by atoms with van der Waals surface area (Å²) in [6.45, 7) is 4.21. The third-order valence-corrected chi connectivity index (χ3v) is 5.46. The third-order valence-electron chi connectivity index (χ3n) is 5.46. The molecule has 0 spiro atoms. The zero-order valence-electron chi connectivity index (χ0n) is 17.4. The van der Waals surface area contributed by atoms with Gasteiger partial charge in [-0.1, -0.05) is 54.6 Å². The van der Waals surface area contributed by atoms with Gasteiger partial charge in [0, 0.05) is 33.2 Å². The Bertz CT molecular complexity index is 892. The smallest absolute Gasteiger partial charge is 0.321 e. The Kier molecular flexibility index (Phi) is 7.19. The minimum atomic E-state index is -0.586. The van der Waals surface area contributed by atoms with E-state index in [2.05, 4.69) is 10.6 Å². The summed E-state index contributed by atoms with van der Waals surface area (Å²) in [5.74, 6) is -0.282. The Morgan fingerprint density at radius 1 is 0.933 bits per heavy atom. The van der Waals surface area contributed by atoms with E-state index in [4.69, 9.17) is 0 Å². The first kappa shape index (κ1) is 21.5. The molecule has 4 amide bonds. The molecule has 30 heavy (non-hydrogen) atoms. The van der Waals surface area contributed by atoms with Crippen molar-refractivity contribution in [3.8, 4) is 0 Å². The molecule has 2 N–H and O–H groups in total. The van der Waals surface area contributed by atoms with Gasteiger partial charge in [0.1, 0.15) is 6.04 Å². The van der Waals surface area contributed by atoms with E-state index < -0.39 is 12.1 Å². The Morgan fingerprint density at radius 2 is 1.57 bits per heavy atom. The molecule has 0 aliphatic carbocycles. The Labute approximate surface area is 177 Å². The highest BCUT2D eigenvalue weighted by Crippen LogP contribution is 2.23. The van der Waals surface area contributed by atoms with Gasteiger partial charge < -0.3 is 10.2 Å². The van der Waals surface area contributed by atoms with Crippen LogP contribution in [0, 0.1) is 6.92 Å². The average molecular weight is 409 g/mol. The van der Waals surface area contributed by atoms with Gasteiger partial charge in [0.2, 0.25) is 11.8 Å². The van der Waals surface area contributed by atoms with E-state index in [0.29, 0.717) is 32.6 Å². The molecule has 1 fully saturated rings. The van der Waals surface area contributed by atoms with Crippen molar-refractivity contribution in [3.63, 3.8) is 0 Å². The number of aryl methyl sites for hydroxylation is 1. The van der Waals surface area contributed by atoms with Gasteiger partial charge in [-0.2, -0.15) is 0 Å². The zero-order chi connectivity index (χ0) is 21.5. The molecule has 2 aromatic rings. The largest absolute Gasteiger partial charge is 0.341 e. The highest BCUT2D eigenvalue weighted by molar-refractivity contribution is 5.97. The van der Waals surface area contributed by atoms with Gasteiger partial charge in [0.05, 0.1) is 6.42 Å². The molecule has 1 saturated heterocycles. The van der Waals surface area contributed by atoms with Gasteiger partial charge in [0.15, 0.2) is 0 Å². The molecule has 1 unspecified atom stereocenters. The molecule has 1 aliphatic heterocycles. The van der Waals surface area contributed by atoms with Crippen molar-refractivity contribution in [1.29, 1.82) is 0 Å². The molecule has 0 aromatic heterocycles. The van der Waals surface area contributed by atoms with Gasteiger partial charge >= 0.3 is 6.03 Å². The first-order chi connectivity index (χ1) is 14.5. The summed E-state index contributed by atoms with van der Waals surface area (Å²) in [7, 11) is 1.47. The molecule has 7 nitrogen and oxygen atoms in total.